The number of allylic oxidation sites excluding steroid dienone is 4. The summed E-state index contributed by atoms with van der Waals surface area (Å²) in [7, 11) is -4.87. The Morgan fingerprint density at radius 2 is 0.951 bits per heavy atom. The molecule has 0 aromatic heterocycles. The summed E-state index contributed by atoms with van der Waals surface area (Å²) >= 11 is 0. The summed E-state index contributed by atoms with van der Waals surface area (Å²) in [6, 6.07) is 8.74. The van der Waals surface area contributed by atoms with Gasteiger partial charge in [0.2, 0.25) is 5.69 Å². The Kier molecular flexibility index (Phi) is 32.8. The lowest BCUT2D eigenvalue weighted by atomic mass is 9.76. The van der Waals surface area contributed by atoms with Crippen molar-refractivity contribution < 1.29 is 102 Å². The zero-order valence-electron chi connectivity index (χ0n) is 47.9. The minimum atomic E-state index is -4.85. The molecule has 23 nitrogen and oxygen atoms in total. The van der Waals surface area contributed by atoms with Crippen LogP contribution in [0.4, 0.5) is 11.4 Å². The molecule has 0 bridgehead atoms. The third kappa shape index (κ3) is 24.0. The van der Waals surface area contributed by atoms with Gasteiger partial charge in [-0.25, -0.2) is 16.8 Å². The maximum Gasteiger partial charge on any atom is 0.303 e. The molecule has 2 atom stereocenters. The molecule has 0 fully saturated rings. The molecular weight excluding hydrogens is 1100 g/mol. The van der Waals surface area contributed by atoms with E-state index in [0.29, 0.717) is 193 Å². The SMILES string of the molecule is COCCOCCOCCOCCOCCOCCC1(C)C(/C=C/C=C2/N(CCOC)c3ccc(S(=O)(=O)[O-])cc3C2(C)CCOCCOCCOCCOCCOCCOC)=[N+](CCCCCC(=O)O)c2ccc(S(=O)(=O)[O-])cc21. The first-order chi connectivity index (χ1) is 39.0. The van der Waals surface area contributed by atoms with Crippen molar-refractivity contribution in [1.29, 1.82) is 0 Å². The monoisotopic (exact) mass is 1190 g/mol. The molecule has 25 heteroatoms. The maximum absolute atomic E-state index is 12.5. The van der Waals surface area contributed by atoms with Crippen molar-refractivity contribution in [2.45, 2.75) is 73.0 Å². The van der Waals surface area contributed by atoms with E-state index in [1.807, 2.05) is 37.0 Å². The van der Waals surface area contributed by atoms with Crippen LogP contribution in [-0.2, 0) is 97.4 Å². The summed E-state index contributed by atoms with van der Waals surface area (Å²) in [5.74, 6) is -0.890. The van der Waals surface area contributed by atoms with E-state index in [0.717, 1.165) is 11.4 Å². The van der Waals surface area contributed by atoms with Crippen LogP contribution in [0.3, 0.4) is 0 Å². The van der Waals surface area contributed by atoms with E-state index in [-0.39, 0.29) is 42.6 Å². The van der Waals surface area contributed by atoms with Crippen molar-refractivity contribution in [1.82, 2.24) is 0 Å². The molecule has 460 valence electrons. The van der Waals surface area contributed by atoms with Crippen LogP contribution in [0.2, 0.25) is 0 Å². The van der Waals surface area contributed by atoms with Crippen molar-refractivity contribution >= 4 is 43.3 Å². The van der Waals surface area contributed by atoms with Gasteiger partial charge in [0.25, 0.3) is 0 Å². The second-order valence-corrected chi connectivity index (χ2v) is 22.1. The number of aliphatic carboxylic acids is 1. The number of carbonyl (C=O) groups is 1. The lowest BCUT2D eigenvalue weighted by Gasteiger charge is -2.30. The molecule has 2 heterocycles. The summed E-state index contributed by atoms with van der Waals surface area (Å²) in [4.78, 5) is 12.7. The van der Waals surface area contributed by atoms with Crippen LogP contribution in [0.25, 0.3) is 0 Å². The Hall–Kier alpha value is -3.84. The summed E-state index contributed by atoms with van der Waals surface area (Å²) in [5, 5.41) is 9.34. The van der Waals surface area contributed by atoms with E-state index < -0.39 is 37.0 Å². The Bertz CT molecular complexity index is 2470. The van der Waals surface area contributed by atoms with Gasteiger partial charge >= 0.3 is 5.97 Å². The summed E-state index contributed by atoms with van der Waals surface area (Å²) in [5.41, 5.74) is 2.35. The smallest absolute Gasteiger partial charge is 0.303 e. The standard InChI is InChI=1S/C56H88N2O21S2/c1-55(17-21-70-28-30-74-36-38-78-42-40-76-34-32-72-26-24-68-4)48-44-46(80(61,62)63)13-15-50(48)57(19-8-6-7-12-54(59)60)52(55)10-9-11-53-56(2,49-45-47(81(64,65)66)14-16-51(49)58(53)20-23-67-3)18-22-71-29-31-75-37-39-79-43-41-77-35-33-73-27-25-69-5/h9-11,13-16,44-45H,6-8,12,17-43H2,1-5H3,(H2-,59,60,61,62,63,64,65,66)/p-1. The number of ether oxygens (including phenoxy) is 13. The molecule has 2 aliphatic rings. The van der Waals surface area contributed by atoms with Crippen molar-refractivity contribution in [2.24, 2.45) is 0 Å². The van der Waals surface area contributed by atoms with Crippen molar-refractivity contribution in [3.63, 3.8) is 0 Å². The average molecular weight is 1190 g/mol. The Labute approximate surface area is 479 Å². The number of methoxy groups -OCH3 is 3. The van der Waals surface area contributed by atoms with Crippen LogP contribution in [0, 0.1) is 0 Å². The van der Waals surface area contributed by atoms with E-state index in [1.165, 1.54) is 24.3 Å². The lowest BCUT2D eigenvalue weighted by Crippen LogP contribution is -2.33. The predicted octanol–water partition coefficient (Wildman–Crippen LogP) is 4.60. The third-order valence-electron chi connectivity index (χ3n) is 13.6. The van der Waals surface area contributed by atoms with Crippen LogP contribution < -0.4 is 4.90 Å². The minimum absolute atomic E-state index is 0.0147. The molecule has 4 rings (SSSR count). The highest BCUT2D eigenvalue weighted by Crippen LogP contribution is 2.51. The molecule has 0 amide bonds. The number of hydrogen-bond acceptors (Lipinski definition) is 21. The third-order valence-corrected chi connectivity index (χ3v) is 15.3. The molecule has 0 saturated carbocycles. The molecule has 2 aromatic rings. The van der Waals surface area contributed by atoms with Gasteiger partial charge in [-0.2, -0.15) is 4.58 Å². The maximum atomic E-state index is 12.5. The van der Waals surface area contributed by atoms with Gasteiger partial charge in [0.1, 0.15) is 26.8 Å². The van der Waals surface area contributed by atoms with Gasteiger partial charge in [-0.1, -0.05) is 6.08 Å². The van der Waals surface area contributed by atoms with Gasteiger partial charge in [-0.3, -0.25) is 4.79 Å². The fraction of sp³-hybridized carbons (Fsp3) is 0.679. The fourth-order valence-corrected chi connectivity index (χ4v) is 10.3. The first kappa shape index (κ1) is 69.7. The highest BCUT2D eigenvalue weighted by molar-refractivity contribution is 7.86. The first-order valence-corrected chi connectivity index (χ1v) is 30.3. The molecule has 2 unspecified atom stereocenters. The number of hydrogen-bond donors (Lipinski definition) is 1. The Morgan fingerprint density at radius 3 is 1.38 bits per heavy atom. The second kappa shape index (κ2) is 38.2. The van der Waals surface area contributed by atoms with E-state index in [1.54, 1.807) is 33.5 Å². The van der Waals surface area contributed by atoms with Crippen LogP contribution in [0.15, 0.2) is 70.1 Å². The zero-order chi connectivity index (χ0) is 58.8. The molecule has 0 radical (unpaired) electrons. The Balaban J connectivity index is 1.53. The second-order valence-electron chi connectivity index (χ2n) is 19.3. The van der Waals surface area contributed by atoms with Gasteiger partial charge in [-0.15, -0.1) is 0 Å². The molecule has 0 saturated heterocycles. The highest BCUT2D eigenvalue weighted by Gasteiger charge is 2.48. The van der Waals surface area contributed by atoms with E-state index in [4.69, 9.17) is 61.6 Å². The van der Waals surface area contributed by atoms with E-state index >= 15 is 0 Å². The zero-order valence-corrected chi connectivity index (χ0v) is 49.6. The lowest BCUT2D eigenvalue weighted by molar-refractivity contribution is -0.438. The predicted molar refractivity (Wildman–Crippen MR) is 297 cm³/mol. The topological polar surface area (TPSA) is 278 Å². The number of benzene rings is 2. The average Bonchev–Trinajstić information content (AvgIpc) is 4.08. The highest BCUT2D eigenvalue weighted by atomic mass is 32.2. The number of unbranched alkanes of at least 4 members (excludes halogenated alkanes) is 2. The number of rotatable bonds is 49. The molecule has 0 spiro atoms. The number of nitrogens with zero attached hydrogens (tertiary/aromatic N) is 2. The minimum Gasteiger partial charge on any atom is -0.744 e. The summed E-state index contributed by atoms with van der Waals surface area (Å²) < 4.78 is 149. The molecule has 2 aromatic carbocycles. The van der Waals surface area contributed by atoms with E-state index in [9.17, 15) is 35.8 Å². The van der Waals surface area contributed by atoms with Crippen molar-refractivity contribution in [3.8, 4) is 0 Å². The summed E-state index contributed by atoms with van der Waals surface area (Å²) in [6.45, 7) is 13.7. The molecule has 81 heavy (non-hydrogen) atoms. The van der Waals surface area contributed by atoms with Gasteiger partial charge in [0.15, 0.2) is 5.71 Å². The van der Waals surface area contributed by atoms with Crippen molar-refractivity contribution in [3.05, 3.63) is 71.5 Å². The van der Waals surface area contributed by atoms with Crippen LogP contribution >= 0.6 is 0 Å². The van der Waals surface area contributed by atoms with Gasteiger partial charge in [-0.05, 0) is 81.5 Å². The van der Waals surface area contributed by atoms with Crippen LogP contribution in [0.5, 0.6) is 0 Å². The van der Waals surface area contributed by atoms with Gasteiger partial charge < -0.3 is 80.7 Å². The number of carboxylic acid groups (broad SMARTS) is 1. The van der Waals surface area contributed by atoms with Crippen LogP contribution in [-0.4, -0.2) is 234 Å². The molecule has 2 aliphatic heterocycles. The molecular formula is C56H87N2O21S2-. The quantitative estimate of drug-likeness (QED) is 0.0538. The molecule has 0 aliphatic carbocycles. The number of fused-ring (bicyclic) bond motifs is 2. The Morgan fingerprint density at radius 1 is 0.543 bits per heavy atom. The van der Waals surface area contributed by atoms with E-state index in [2.05, 4.69) is 4.58 Å². The normalized spacial score (nSPS) is 17.8. The van der Waals surface area contributed by atoms with Gasteiger partial charge in [0, 0.05) is 88.4 Å². The molecule has 1 N–H and O–H groups in total. The summed E-state index contributed by atoms with van der Waals surface area (Å²) in [6.07, 6.45) is 8.18. The first-order valence-electron chi connectivity index (χ1n) is 27.5. The largest absolute Gasteiger partial charge is 0.744 e. The van der Waals surface area contributed by atoms with Crippen LogP contribution in [0.1, 0.15) is 63.5 Å². The number of carboxylic acids is 1. The van der Waals surface area contributed by atoms with Crippen molar-refractivity contribution in [2.75, 3.05) is 191 Å². The van der Waals surface area contributed by atoms with Gasteiger partial charge in [0.05, 0.1) is 154 Å². The fourth-order valence-electron chi connectivity index (χ4n) is 9.32. The number of anilines is 1.